The van der Waals surface area contributed by atoms with E-state index in [9.17, 15) is 14.7 Å². The van der Waals surface area contributed by atoms with Gasteiger partial charge in [-0.3, -0.25) is 9.59 Å². The summed E-state index contributed by atoms with van der Waals surface area (Å²) in [5.74, 6) is -2.02. The van der Waals surface area contributed by atoms with E-state index in [0.29, 0.717) is 13.1 Å². The van der Waals surface area contributed by atoms with Gasteiger partial charge in [-0.25, -0.2) is 0 Å². The third-order valence-corrected chi connectivity index (χ3v) is 4.97. The lowest BCUT2D eigenvalue weighted by Gasteiger charge is -2.37. The van der Waals surface area contributed by atoms with E-state index in [1.54, 1.807) is 0 Å². The maximum absolute atomic E-state index is 12.7. The number of piperazine rings is 1. The Morgan fingerprint density at radius 2 is 1.70 bits per heavy atom. The number of amides is 1. The summed E-state index contributed by atoms with van der Waals surface area (Å²) in [6, 6.07) is 0. The van der Waals surface area contributed by atoms with E-state index in [0.717, 1.165) is 32.5 Å². The molecule has 0 spiro atoms. The predicted octanol–water partition coefficient (Wildman–Crippen LogP) is 0.0287. The van der Waals surface area contributed by atoms with Gasteiger partial charge >= 0.3 is 5.97 Å². The first-order valence-electron chi connectivity index (χ1n) is 7.51. The fraction of sp³-hybridized carbons (Fsp3) is 0.857. The number of hydrogen-bond donors (Lipinski definition) is 1. The topological polar surface area (TPSA) is 70.1 Å². The molecule has 0 aromatic carbocycles. The van der Waals surface area contributed by atoms with Gasteiger partial charge < -0.3 is 19.6 Å². The number of carbonyl (C=O) groups excluding carboxylic acids is 1. The van der Waals surface area contributed by atoms with Crippen LogP contribution in [0.1, 0.15) is 19.8 Å². The minimum atomic E-state index is -0.886. The van der Waals surface area contributed by atoms with Crippen LogP contribution in [0.15, 0.2) is 0 Å². The zero-order valence-corrected chi connectivity index (χ0v) is 11.8. The highest BCUT2D eigenvalue weighted by Gasteiger charge is 2.56. The van der Waals surface area contributed by atoms with Gasteiger partial charge in [-0.15, -0.1) is 0 Å². The van der Waals surface area contributed by atoms with Crippen molar-refractivity contribution in [1.82, 2.24) is 9.80 Å². The van der Waals surface area contributed by atoms with Crippen LogP contribution in [-0.4, -0.2) is 71.7 Å². The summed E-state index contributed by atoms with van der Waals surface area (Å²) in [6.07, 6.45) is 1.15. The van der Waals surface area contributed by atoms with Gasteiger partial charge in [0.1, 0.15) is 0 Å². The van der Waals surface area contributed by atoms with Crippen LogP contribution in [0.2, 0.25) is 0 Å². The van der Waals surface area contributed by atoms with E-state index in [-0.39, 0.29) is 18.1 Å². The van der Waals surface area contributed by atoms with Crippen LogP contribution in [0.5, 0.6) is 0 Å². The lowest BCUT2D eigenvalue weighted by Crippen LogP contribution is -2.53. The highest BCUT2D eigenvalue weighted by atomic mass is 16.5. The number of carboxylic acid groups (broad SMARTS) is 1. The number of rotatable bonds is 3. The average Bonchev–Trinajstić information content (AvgIpc) is 3.07. The lowest BCUT2D eigenvalue weighted by atomic mass is 9.78. The molecular formula is C14H22N2O4. The van der Waals surface area contributed by atoms with Crippen LogP contribution in [0, 0.1) is 11.8 Å². The Labute approximate surface area is 118 Å². The number of aliphatic carboxylic acids is 1. The SMILES string of the molecule is CCN1CCN(C(=O)C2C(C(=O)O)[C@@H]3CC[C@H]2O3)CC1. The Morgan fingerprint density at radius 3 is 2.25 bits per heavy atom. The van der Waals surface area contributed by atoms with Gasteiger partial charge in [-0.05, 0) is 19.4 Å². The van der Waals surface area contributed by atoms with Crippen molar-refractivity contribution in [1.29, 1.82) is 0 Å². The molecule has 0 saturated carbocycles. The molecule has 1 N–H and O–H groups in total. The summed E-state index contributed by atoms with van der Waals surface area (Å²) >= 11 is 0. The maximum Gasteiger partial charge on any atom is 0.310 e. The number of likely N-dealkylation sites (N-methyl/N-ethyl adjacent to an activating group) is 1. The Bertz CT molecular complexity index is 406. The predicted molar refractivity (Wildman–Crippen MR) is 71.2 cm³/mol. The monoisotopic (exact) mass is 282 g/mol. The summed E-state index contributed by atoms with van der Waals surface area (Å²) in [5.41, 5.74) is 0. The molecule has 3 fully saturated rings. The van der Waals surface area contributed by atoms with E-state index in [1.807, 2.05) is 4.90 Å². The molecule has 1 amide bonds. The molecule has 20 heavy (non-hydrogen) atoms. The Morgan fingerprint density at radius 1 is 1.10 bits per heavy atom. The van der Waals surface area contributed by atoms with E-state index >= 15 is 0 Å². The van der Waals surface area contributed by atoms with Crippen molar-refractivity contribution in [2.24, 2.45) is 11.8 Å². The Hall–Kier alpha value is -1.14. The standard InChI is InChI=1S/C14H22N2O4/c1-2-15-5-7-16(8-6-15)13(17)11-9-3-4-10(20-9)12(11)14(18)19/h9-12H,2-8H2,1H3,(H,18,19)/t9-,10+,11?,12?/m1/s1. The van der Waals surface area contributed by atoms with Gasteiger partial charge in [0.05, 0.1) is 24.0 Å². The van der Waals surface area contributed by atoms with Crippen molar-refractivity contribution in [3.8, 4) is 0 Å². The minimum absolute atomic E-state index is 0.0136. The molecule has 3 rings (SSSR count). The lowest BCUT2D eigenvalue weighted by molar-refractivity contribution is -0.151. The number of ether oxygens (including phenoxy) is 1. The average molecular weight is 282 g/mol. The molecular weight excluding hydrogens is 260 g/mol. The summed E-state index contributed by atoms with van der Waals surface area (Å²) in [4.78, 5) is 28.2. The highest BCUT2D eigenvalue weighted by Crippen LogP contribution is 2.44. The summed E-state index contributed by atoms with van der Waals surface area (Å²) < 4.78 is 5.67. The van der Waals surface area contributed by atoms with E-state index in [4.69, 9.17) is 4.74 Å². The molecule has 3 aliphatic heterocycles. The molecule has 3 heterocycles. The third-order valence-electron chi connectivity index (χ3n) is 4.97. The van der Waals surface area contributed by atoms with Crippen LogP contribution >= 0.6 is 0 Å². The van der Waals surface area contributed by atoms with Gasteiger partial charge in [0.25, 0.3) is 0 Å². The van der Waals surface area contributed by atoms with Gasteiger partial charge in [0, 0.05) is 26.2 Å². The van der Waals surface area contributed by atoms with Gasteiger partial charge in [-0.2, -0.15) is 0 Å². The van der Waals surface area contributed by atoms with Crippen LogP contribution in [0.25, 0.3) is 0 Å². The molecule has 0 aromatic rings. The van der Waals surface area contributed by atoms with Crippen LogP contribution in [0.4, 0.5) is 0 Å². The second kappa shape index (κ2) is 5.33. The second-order valence-corrected chi connectivity index (χ2v) is 5.94. The fourth-order valence-corrected chi connectivity index (χ4v) is 3.80. The van der Waals surface area contributed by atoms with Crippen molar-refractivity contribution >= 4 is 11.9 Å². The van der Waals surface area contributed by atoms with Crippen molar-refractivity contribution in [3.63, 3.8) is 0 Å². The first kappa shape index (κ1) is 13.8. The van der Waals surface area contributed by atoms with Crippen LogP contribution in [-0.2, 0) is 14.3 Å². The molecule has 6 heteroatoms. The second-order valence-electron chi connectivity index (χ2n) is 5.94. The molecule has 0 aliphatic carbocycles. The Kier molecular flexibility index (Phi) is 3.69. The molecule has 112 valence electrons. The largest absolute Gasteiger partial charge is 0.481 e. The normalized spacial score (nSPS) is 37.4. The van der Waals surface area contributed by atoms with E-state index < -0.39 is 17.8 Å². The summed E-state index contributed by atoms with van der Waals surface area (Å²) in [7, 11) is 0. The van der Waals surface area contributed by atoms with Crippen LogP contribution in [0.3, 0.4) is 0 Å². The first-order chi connectivity index (χ1) is 9.61. The molecule has 6 nitrogen and oxygen atoms in total. The number of carbonyl (C=O) groups is 2. The molecule has 2 unspecified atom stereocenters. The molecule has 2 bridgehead atoms. The van der Waals surface area contributed by atoms with Gasteiger partial charge in [0.15, 0.2) is 0 Å². The van der Waals surface area contributed by atoms with Crippen molar-refractivity contribution in [2.75, 3.05) is 32.7 Å². The molecule has 4 atom stereocenters. The number of fused-ring (bicyclic) bond motifs is 2. The molecule has 3 saturated heterocycles. The zero-order chi connectivity index (χ0) is 14.3. The summed E-state index contributed by atoms with van der Waals surface area (Å²) in [5, 5.41) is 9.37. The minimum Gasteiger partial charge on any atom is -0.481 e. The molecule has 3 aliphatic rings. The van der Waals surface area contributed by atoms with Gasteiger partial charge in [0.2, 0.25) is 5.91 Å². The van der Waals surface area contributed by atoms with Crippen molar-refractivity contribution in [3.05, 3.63) is 0 Å². The van der Waals surface area contributed by atoms with E-state index in [1.165, 1.54) is 0 Å². The molecule has 0 radical (unpaired) electrons. The van der Waals surface area contributed by atoms with Crippen LogP contribution < -0.4 is 0 Å². The van der Waals surface area contributed by atoms with Gasteiger partial charge in [-0.1, -0.05) is 6.92 Å². The number of carboxylic acids is 1. The quantitative estimate of drug-likeness (QED) is 0.791. The van der Waals surface area contributed by atoms with Crippen molar-refractivity contribution in [2.45, 2.75) is 32.0 Å². The van der Waals surface area contributed by atoms with E-state index in [2.05, 4.69) is 11.8 Å². The first-order valence-corrected chi connectivity index (χ1v) is 7.51. The smallest absolute Gasteiger partial charge is 0.310 e. The highest BCUT2D eigenvalue weighted by molar-refractivity contribution is 5.86. The van der Waals surface area contributed by atoms with Crippen molar-refractivity contribution < 1.29 is 19.4 Å². The zero-order valence-electron chi connectivity index (χ0n) is 11.8. The fourth-order valence-electron chi connectivity index (χ4n) is 3.80. The number of nitrogens with zero attached hydrogens (tertiary/aromatic N) is 2. The maximum atomic E-state index is 12.7. The Balaban J connectivity index is 1.69. The third kappa shape index (κ3) is 2.20. The summed E-state index contributed by atoms with van der Waals surface area (Å²) in [6.45, 7) is 6.27. The molecule has 0 aromatic heterocycles. The number of hydrogen-bond acceptors (Lipinski definition) is 4.